The molecule has 0 bridgehead atoms. The van der Waals surface area contributed by atoms with E-state index in [2.05, 4.69) is 38.1 Å². The molecule has 164 valence electrons. The fourth-order valence-corrected chi connectivity index (χ4v) is 4.17. The molecule has 2 aromatic carbocycles. The predicted octanol–water partition coefficient (Wildman–Crippen LogP) is 2.58. The summed E-state index contributed by atoms with van der Waals surface area (Å²) >= 11 is 0. The van der Waals surface area contributed by atoms with Crippen LogP contribution in [-0.4, -0.2) is 52.5 Å². The van der Waals surface area contributed by atoms with Crippen molar-refractivity contribution >= 4 is 17.2 Å². The lowest BCUT2D eigenvalue weighted by Crippen LogP contribution is -2.46. The number of rotatable bonds is 5. The number of anilines is 2. The van der Waals surface area contributed by atoms with E-state index in [1.54, 1.807) is 13.4 Å². The number of hydrogen-bond acceptors (Lipinski definition) is 6. The van der Waals surface area contributed by atoms with Gasteiger partial charge < -0.3 is 14.5 Å². The molecule has 1 aliphatic heterocycles. The first-order chi connectivity index (χ1) is 15.6. The van der Waals surface area contributed by atoms with Gasteiger partial charge in [0.05, 0.1) is 13.7 Å². The molecule has 0 radical (unpaired) electrons. The maximum atomic E-state index is 12.8. The number of aromatic nitrogens is 4. The van der Waals surface area contributed by atoms with Crippen molar-refractivity contribution < 1.29 is 4.74 Å². The lowest BCUT2D eigenvalue weighted by atomic mass is 10.1. The lowest BCUT2D eigenvalue weighted by molar-refractivity contribution is 0.414. The van der Waals surface area contributed by atoms with Gasteiger partial charge in [-0.15, -0.1) is 5.10 Å². The summed E-state index contributed by atoms with van der Waals surface area (Å²) in [6.45, 7) is 5.93. The molecule has 0 spiro atoms. The minimum absolute atomic E-state index is 0.177. The van der Waals surface area contributed by atoms with Crippen LogP contribution in [0.1, 0.15) is 11.1 Å². The summed E-state index contributed by atoms with van der Waals surface area (Å²) in [6, 6.07) is 18.2. The normalized spacial score (nSPS) is 14.2. The molecule has 8 nitrogen and oxygen atoms in total. The number of benzene rings is 2. The Balaban J connectivity index is 1.32. The highest BCUT2D eigenvalue weighted by Crippen LogP contribution is 2.23. The zero-order chi connectivity index (χ0) is 22.1. The number of aryl methyl sites for hydroxylation is 1. The molecular formula is C24H26N6O2. The van der Waals surface area contributed by atoms with E-state index in [4.69, 9.17) is 4.74 Å². The first-order valence-corrected chi connectivity index (χ1v) is 10.8. The standard InChI is InChI=1S/C24H26N6O2/c1-18-5-3-6-19(13-18)16-30-24(31)29-17-25-22(15-23(29)26-30)28-11-9-27(10-12-28)20-7-4-8-21(14-20)32-2/h3-8,13-15,17H,9-12,16H2,1-2H3. The Morgan fingerprint density at radius 3 is 2.53 bits per heavy atom. The quantitative estimate of drug-likeness (QED) is 0.485. The SMILES string of the molecule is COc1cccc(N2CCN(c3cc4nn(Cc5cccc(C)c5)c(=O)n4cn3)CC2)c1. The van der Waals surface area contributed by atoms with Crippen molar-refractivity contribution in [3.05, 3.63) is 82.5 Å². The Morgan fingerprint density at radius 2 is 1.75 bits per heavy atom. The van der Waals surface area contributed by atoms with Crippen LogP contribution in [0.25, 0.3) is 5.65 Å². The molecule has 1 aliphatic rings. The van der Waals surface area contributed by atoms with Gasteiger partial charge in [0.15, 0.2) is 5.65 Å². The second-order valence-corrected chi connectivity index (χ2v) is 8.08. The Labute approximate surface area is 186 Å². The number of fused-ring (bicyclic) bond motifs is 1. The predicted molar refractivity (Wildman–Crippen MR) is 125 cm³/mol. The first kappa shape index (κ1) is 20.1. The van der Waals surface area contributed by atoms with Gasteiger partial charge in [-0.3, -0.25) is 0 Å². The van der Waals surface area contributed by atoms with Crippen LogP contribution < -0.4 is 20.2 Å². The maximum Gasteiger partial charge on any atom is 0.351 e. The molecule has 5 rings (SSSR count). The van der Waals surface area contributed by atoms with Crippen molar-refractivity contribution in [2.24, 2.45) is 0 Å². The second kappa shape index (κ2) is 8.37. The molecule has 3 heterocycles. The number of ether oxygens (including phenoxy) is 1. The van der Waals surface area contributed by atoms with Gasteiger partial charge >= 0.3 is 5.69 Å². The van der Waals surface area contributed by atoms with Crippen LogP contribution >= 0.6 is 0 Å². The fourth-order valence-electron chi connectivity index (χ4n) is 4.17. The van der Waals surface area contributed by atoms with Gasteiger partial charge in [0.1, 0.15) is 17.9 Å². The Kier molecular flexibility index (Phi) is 5.26. The van der Waals surface area contributed by atoms with Crippen molar-refractivity contribution in [3.63, 3.8) is 0 Å². The van der Waals surface area contributed by atoms with E-state index < -0.39 is 0 Å². The molecule has 0 atom stereocenters. The molecule has 0 amide bonds. The highest BCUT2D eigenvalue weighted by Gasteiger charge is 2.20. The topological polar surface area (TPSA) is 67.9 Å². The molecule has 0 N–H and O–H groups in total. The zero-order valence-electron chi connectivity index (χ0n) is 18.3. The van der Waals surface area contributed by atoms with E-state index in [1.807, 2.05) is 43.3 Å². The van der Waals surface area contributed by atoms with Gasteiger partial charge in [0.2, 0.25) is 0 Å². The van der Waals surface area contributed by atoms with Gasteiger partial charge in [0, 0.05) is 44.0 Å². The van der Waals surface area contributed by atoms with Gasteiger partial charge in [-0.2, -0.15) is 0 Å². The van der Waals surface area contributed by atoms with E-state index in [1.165, 1.54) is 9.08 Å². The molecule has 4 aromatic rings. The Bertz CT molecular complexity index is 1300. The van der Waals surface area contributed by atoms with E-state index in [-0.39, 0.29) is 5.69 Å². The van der Waals surface area contributed by atoms with Crippen LogP contribution in [-0.2, 0) is 6.54 Å². The minimum atomic E-state index is -0.177. The molecule has 8 heteroatoms. The first-order valence-electron chi connectivity index (χ1n) is 10.8. The van der Waals surface area contributed by atoms with Crippen molar-refractivity contribution in [2.75, 3.05) is 43.1 Å². The summed E-state index contributed by atoms with van der Waals surface area (Å²) in [4.78, 5) is 21.9. The van der Waals surface area contributed by atoms with E-state index in [0.29, 0.717) is 12.2 Å². The molecule has 32 heavy (non-hydrogen) atoms. The summed E-state index contributed by atoms with van der Waals surface area (Å²) in [5.74, 6) is 1.71. The molecule has 0 unspecified atom stereocenters. The average Bonchev–Trinajstić information content (AvgIpc) is 3.13. The van der Waals surface area contributed by atoms with Crippen LogP contribution in [0.2, 0.25) is 0 Å². The lowest BCUT2D eigenvalue weighted by Gasteiger charge is -2.36. The van der Waals surface area contributed by atoms with Crippen LogP contribution in [0.5, 0.6) is 5.75 Å². The van der Waals surface area contributed by atoms with Crippen molar-refractivity contribution in [1.82, 2.24) is 19.2 Å². The third kappa shape index (κ3) is 3.91. The minimum Gasteiger partial charge on any atom is -0.497 e. The number of hydrogen-bond donors (Lipinski definition) is 0. The van der Waals surface area contributed by atoms with Crippen LogP contribution in [0.3, 0.4) is 0 Å². The van der Waals surface area contributed by atoms with E-state index in [0.717, 1.165) is 54.6 Å². The smallest absolute Gasteiger partial charge is 0.351 e. The molecule has 2 aromatic heterocycles. The molecule has 1 fully saturated rings. The molecular weight excluding hydrogens is 404 g/mol. The molecule has 1 saturated heterocycles. The van der Waals surface area contributed by atoms with E-state index in [9.17, 15) is 4.79 Å². The van der Waals surface area contributed by atoms with Gasteiger partial charge in [-0.1, -0.05) is 35.9 Å². The Hall–Kier alpha value is -3.81. The monoisotopic (exact) mass is 430 g/mol. The van der Waals surface area contributed by atoms with Crippen LogP contribution in [0.15, 0.2) is 65.7 Å². The van der Waals surface area contributed by atoms with Crippen LogP contribution in [0, 0.1) is 6.92 Å². The van der Waals surface area contributed by atoms with Gasteiger partial charge in [0.25, 0.3) is 0 Å². The number of piperazine rings is 1. The van der Waals surface area contributed by atoms with Gasteiger partial charge in [-0.05, 0) is 24.6 Å². The van der Waals surface area contributed by atoms with Crippen molar-refractivity contribution in [3.8, 4) is 5.75 Å². The van der Waals surface area contributed by atoms with Crippen LogP contribution in [0.4, 0.5) is 11.5 Å². The van der Waals surface area contributed by atoms with Crippen molar-refractivity contribution in [1.29, 1.82) is 0 Å². The molecule has 0 aliphatic carbocycles. The highest BCUT2D eigenvalue weighted by molar-refractivity contribution is 5.54. The fraction of sp³-hybridized carbons (Fsp3) is 0.292. The maximum absolute atomic E-state index is 12.8. The van der Waals surface area contributed by atoms with Gasteiger partial charge in [-0.25, -0.2) is 18.9 Å². The number of nitrogens with zero attached hydrogens (tertiary/aromatic N) is 6. The van der Waals surface area contributed by atoms with Crippen molar-refractivity contribution in [2.45, 2.75) is 13.5 Å². The largest absolute Gasteiger partial charge is 0.497 e. The summed E-state index contributed by atoms with van der Waals surface area (Å²) in [5, 5.41) is 4.55. The summed E-state index contributed by atoms with van der Waals surface area (Å²) in [6.07, 6.45) is 1.58. The summed E-state index contributed by atoms with van der Waals surface area (Å²) in [5.41, 5.74) is 3.81. The third-order valence-electron chi connectivity index (χ3n) is 5.90. The number of methoxy groups -OCH3 is 1. The van der Waals surface area contributed by atoms with E-state index >= 15 is 0 Å². The Morgan fingerprint density at radius 1 is 0.969 bits per heavy atom. The highest BCUT2D eigenvalue weighted by atomic mass is 16.5. The summed E-state index contributed by atoms with van der Waals surface area (Å²) < 4.78 is 8.35. The molecule has 0 saturated carbocycles. The average molecular weight is 431 g/mol. The second-order valence-electron chi connectivity index (χ2n) is 8.08. The summed E-state index contributed by atoms with van der Waals surface area (Å²) in [7, 11) is 1.69. The third-order valence-corrected chi connectivity index (χ3v) is 5.90. The zero-order valence-corrected chi connectivity index (χ0v) is 18.3.